The van der Waals surface area contributed by atoms with Gasteiger partial charge in [-0.15, -0.1) is 0 Å². The summed E-state index contributed by atoms with van der Waals surface area (Å²) >= 11 is 0. The maximum atomic E-state index is 12.6. The molecule has 0 saturated heterocycles. The molecule has 0 aliphatic heterocycles. The van der Waals surface area contributed by atoms with Gasteiger partial charge in [-0.05, 0) is 37.0 Å². The van der Waals surface area contributed by atoms with Crippen LogP contribution in [0.5, 0.6) is 0 Å². The molecule has 0 aliphatic carbocycles. The van der Waals surface area contributed by atoms with Gasteiger partial charge >= 0.3 is 17.9 Å². The molecule has 6 heteroatoms. The molecule has 0 spiro atoms. The second-order valence-corrected chi connectivity index (χ2v) is 15.5. The van der Waals surface area contributed by atoms with E-state index in [2.05, 4.69) is 41.5 Å². The van der Waals surface area contributed by atoms with Gasteiger partial charge in [0.2, 0.25) is 0 Å². The van der Waals surface area contributed by atoms with Crippen molar-refractivity contribution in [1.82, 2.24) is 0 Å². The van der Waals surface area contributed by atoms with E-state index in [9.17, 15) is 14.4 Å². The highest BCUT2D eigenvalue weighted by molar-refractivity contribution is 5.71. The lowest BCUT2D eigenvalue weighted by atomic mass is 10.00. The summed E-state index contributed by atoms with van der Waals surface area (Å²) in [4.78, 5) is 37.5. The highest BCUT2D eigenvalue weighted by Crippen LogP contribution is 2.16. The van der Waals surface area contributed by atoms with Gasteiger partial charge in [-0.25, -0.2) is 0 Å². The second kappa shape index (κ2) is 33.9. The summed E-state index contributed by atoms with van der Waals surface area (Å²) in [5.41, 5.74) is 0. The van der Waals surface area contributed by atoms with Crippen molar-refractivity contribution in [3.05, 3.63) is 0 Å². The Morgan fingerprint density at radius 2 is 0.729 bits per heavy atom. The molecule has 0 aromatic rings. The first-order valence-electron chi connectivity index (χ1n) is 20.6. The Hall–Kier alpha value is -1.59. The summed E-state index contributed by atoms with van der Waals surface area (Å²) in [7, 11) is 0. The van der Waals surface area contributed by atoms with Crippen molar-refractivity contribution in [3.8, 4) is 0 Å². The van der Waals surface area contributed by atoms with Crippen LogP contribution >= 0.6 is 0 Å². The van der Waals surface area contributed by atoms with Crippen molar-refractivity contribution in [2.75, 3.05) is 13.2 Å². The SMILES string of the molecule is CCC(C)CCCCCCCCC(=O)OC[C@H](COC(=O)CCCCCCCCCCC(C)C)OC(=O)CCCCCCCCC(C)C. The van der Waals surface area contributed by atoms with Crippen LogP contribution in [0.2, 0.25) is 0 Å². The van der Waals surface area contributed by atoms with Crippen LogP contribution in [0.15, 0.2) is 0 Å². The molecule has 0 N–H and O–H groups in total. The van der Waals surface area contributed by atoms with Gasteiger partial charge in [0.05, 0.1) is 0 Å². The Labute approximate surface area is 298 Å². The average molecular weight is 681 g/mol. The van der Waals surface area contributed by atoms with Crippen LogP contribution in [0.4, 0.5) is 0 Å². The Kier molecular flexibility index (Phi) is 32.8. The molecule has 0 aliphatic rings. The number of hydrogen-bond acceptors (Lipinski definition) is 6. The number of unbranched alkanes of at least 4 members (excludes halogenated alkanes) is 17. The third kappa shape index (κ3) is 34.3. The second-order valence-electron chi connectivity index (χ2n) is 15.5. The van der Waals surface area contributed by atoms with Gasteiger partial charge in [-0.3, -0.25) is 14.4 Å². The van der Waals surface area contributed by atoms with Crippen molar-refractivity contribution in [2.24, 2.45) is 17.8 Å². The zero-order chi connectivity index (χ0) is 35.7. The monoisotopic (exact) mass is 681 g/mol. The summed E-state index contributed by atoms with van der Waals surface area (Å²) < 4.78 is 16.6. The molecular formula is C42H80O6. The normalized spacial score (nSPS) is 12.8. The highest BCUT2D eigenvalue weighted by atomic mass is 16.6. The van der Waals surface area contributed by atoms with Gasteiger partial charge in [-0.1, -0.05) is 176 Å². The van der Waals surface area contributed by atoms with Crippen LogP contribution in [0.3, 0.4) is 0 Å². The third-order valence-corrected chi connectivity index (χ3v) is 9.51. The van der Waals surface area contributed by atoms with E-state index in [1.54, 1.807) is 0 Å². The van der Waals surface area contributed by atoms with Gasteiger partial charge in [-0.2, -0.15) is 0 Å². The van der Waals surface area contributed by atoms with E-state index in [1.807, 2.05) is 0 Å². The standard InChI is InChI=1S/C42H80O6/c1-7-38(6)30-24-18-13-15-20-26-32-41(44)47-35-39(48-42(45)33-27-21-14-12-17-23-29-37(4)5)34-46-40(43)31-25-19-11-9-8-10-16-22-28-36(2)3/h36-39H,7-35H2,1-6H3/t38?,39-/m0/s1. The van der Waals surface area contributed by atoms with E-state index in [4.69, 9.17) is 14.2 Å². The Balaban J connectivity index is 4.37. The van der Waals surface area contributed by atoms with Crippen molar-refractivity contribution >= 4 is 17.9 Å². The molecule has 0 radical (unpaired) electrons. The van der Waals surface area contributed by atoms with Crippen molar-refractivity contribution in [2.45, 2.75) is 221 Å². The van der Waals surface area contributed by atoms with E-state index in [0.29, 0.717) is 19.3 Å². The summed E-state index contributed by atoms with van der Waals surface area (Å²) in [6.45, 7) is 13.5. The molecule has 0 amide bonds. The first-order chi connectivity index (χ1) is 23.1. The number of hydrogen-bond donors (Lipinski definition) is 0. The molecule has 0 aromatic heterocycles. The molecule has 0 fully saturated rings. The molecule has 0 bridgehead atoms. The van der Waals surface area contributed by atoms with Gasteiger partial charge in [0.25, 0.3) is 0 Å². The van der Waals surface area contributed by atoms with Crippen LogP contribution in [-0.2, 0) is 28.6 Å². The zero-order valence-electron chi connectivity index (χ0n) is 32.8. The van der Waals surface area contributed by atoms with Crippen LogP contribution < -0.4 is 0 Å². The first kappa shape index (κ1) is 46.4. The minimum absolute atomic E-state index is 0.0687. The molecule has 48 heavy (non-hydrogen) atoms. The molecule has 2 atom stereocenters. The molecular weight excluding hydrogens is 600 g/mol. The molecule has 6 nitrogen and oxygen atoms in total. The maximum Gasteiger partial charge on any atom is 0.306 e. The van der Waals surface area contributed by atoms with Crippen LogP contribution in [-0.4, -0.2) is 37.2 Å². The first-order valence-corrected chi connectivity index (χ1v) is 20.6. The molecule has 284 valence electrons. The number of carbonyl (C=O) groups excluding carboxylic acids is 3. The van der Waals surface area contributed by atoms with E-state index < -0.39 is 6.10 Å². The lowest BCUT2D eigenvalue weighted by Gasteiger charge is -2.18. The maximum absolute atomic E-state index is 12.6. The van der Waals surface area contributed by atoms with Gasteiger partial charge in [0.15, 0.2) is 6.10 Å². The lowest BCUT2D eigenvalue weighted by molar-refractivity contribution is -0.167. The van der Waals surface area contributed by atoms with E-state index in [-0.39, 0.29) is 31.1 Å². The smallest absolute Gasteiger partial charge is 0.306 e. The van der Waals surface area contributed by atoms with Gasteiger partial charge in [0, 0.05) is 19.3 Å². The Bertz CT molecular complexity index is 748. The van der Waals surface area contributed by atoms with E-state index in [1.165, 1.54) is 96.3 Å². The van der Waals surface area contributed by atoms with Crippen LogP contribution in [0.25, 0.3) is 0 Å². The lowest BCUT2D eigenvalue weighted by Crippen LogP contribution is -2.30. The summed E-state index contributed by atoms with van der Waals surface area (Å²) in [5, 5.41) is 0. The third-order valence-electron chi connectivity index (χ3n) is 9.51. The predicted octanol–water partition coefficient (Wildman–Crippen LogP) is 12.5. The summed E-state index contributed by atoms with van der Waals surface area (Å²) in [6.07, 6.45) is 28.2. The Morgan fingerprint density at radius 1 is 0.417 bits per heavy atom. The average Bonchev–Trinajstić information content (AvgIpc) is 3.05. The number of esters is 3. The summed E-state index contributed by atoms with van der Waals surface area (Å²) in [5.74, 6) is 1.49. The topological polar surface area (TPSA) is 78.9 Å². The quantitative estimate of drug-likeness (QED) is 0.0376. The largest absolute Gasteiger partial charge is 0.462 e. The fraction of sp³-hybridized carbons (Fsp3) is 0.929. The number of carbonyl (C=O) groups is 3. The molecule has 0 heterocycles. The molecule has 0 saturated carbocycles. The fourth-order valence-electron chi connectivity index (χ4n) is 5.96. The number of rotatable bonds is 35. The minimum Gasteiger partial charge on any atom is -0.462 e. The Morgan fingerprint density at radius 3 is 1.08 bits per heavy atom. The van der Waals surface area contributed by atoms with Crippen LogP contribution in [0.1, 0.15) is 215 Å². The van der Waals surface area contributed by atoms with Crippen molar-refractivity contribution < 1.29 is 28.6 Å². The molecule has 0 rings (SSSR count). The van der Waals surface area contributed by atoms with Crippen LogP contribution in [0, 0.1) is 17.8 Å². The van der Waals surface area contributed by atoms with E-state index in [0.717, 1.165) is 75.5 Å². The van der Waals surface area contributed by atoms with E-state index >= 15 is 0 Å². The predicted molar refractivity (Wildman–Crippen MR) is 201 cm³/mol. The molecule has 1 unspecified atom stereocenters. The van der Waals surface area contributed by atoms with Crippen molar-refractivity contribution in [3.63, 3.8) is 0 Å². The van der Waals surface area contributed by atoms with Crippen molar-refractivity contribution in [1.29, 1.82) is 0 Å². The van der Waals surface area contributed by atoms with Gasteiger partial charge in [0.1, 0.15) is 13.2 Å². The minimum atomic E-state index is -0.761. The summed E-state index contributed by atoms with van der Waals surface area (Å²) in [6, 6.07) is 0. The van der Waals surface area contributed by atoms with Gasteiger partial charge < -0.3 is 14.2 Å². The number of ether oxygens (including phenoxy) is 3. The zero-order valence-corrected chi connectivity index (χ0v) is 32.8. The molecule has 0 aromatic carbocycles. The fourth-order valence-corrected chi connectivity index (χ4v) is 5.96. The highest BCUT2D eigenvalue weighted by Gasteiger charge is 2.19.